The van der Waals surface area contributed by atoms with E-state index in [0.717, 1.165) is 11.1 Å². The smallest absolute Gasteiger partial charge is 0.315 e. The molecular formula is C19H18Cl2N2O2. The summed E-state index contributed by atoms with van der Waals surface area (Å²) in [7, 11) is 0. The molecule has 2 N–H and O–H groups in total. The van der Waals surface area contributed by atoms with Gasteiger partial charge in [0.05, 0.1) is 0 Å². The van der Waals surface area contributed by atoms with Crippen LogP contribution in [0.25, 0.3) is 0 Å². The molecule has 1 heterocycles. The largest absolute Gasteiger partial charge is 0.335 e. The summed E-state index contributed by atoms with van der Waals surface area (Å²) in [5.74, 6) is -0.169. The number of nitrogens with one attached hydrogen (secondary N) is 2. The maximum atomic E-state index is 12.9. The van der Waals surface area contributed by atoms with Crippen LogP contribution in [0.2, 0.25) is 10.0 Å². The molecule has 0 aromatic heterocycles. The predicted octanol–water partition coefficient (Wildman–Crippen LogP) is 4.16. The van der Waals surface area contributed by atoms with Crippen molar-refractivity contribution in [2.75, 3.05) is 6.54 Å². The molecule has 0 saturated carbocycles. The minimum absolute atomic E-state index is 0.0271. The molecule has 2 amide bonds. The predicted molar refractivity (Wildman–Crippen MR) is 99.3 cm³/mol. The third kappa shape index (κ3) is 3.97. The van der Waals surface area contributed by atoms with Crippen molar-refractivity contribution < 1.29 is 9.59 Å². The topological polar surface area (TPSA) is 58.2 Å². The molecule has 1 fully saturated rings. The lowest BCUT2D eigenvalue weighted by Crippen LogP contribution is -2.48. The molecule has 25 heavy (non-hydrogen) atoms. The molecule has 0 aliphatic carbocycles. The van der Waals surface area contributed by atoms with Gasteiger partial charge >= 0.3 is 6.03 Å². The fraction of sp³-hybridized carbons (Fsp3) is 0.263. The lowest BCUT2D eigenvalue weighted by Gasteiger charge is -2.25. The van der Waals surface area contributed by atoms with Crippen molar-refractivity contribution in [2.45, 2.75) is 24.8 Å². The Kier molecular flexibility index (Phi) is 5.02. The highest BCUT2D eigenvalue weighted by atomic mass is 35.5. The minimum atomic E-state index is -0.895. The first kappa shape index (κ1) is 17.8. The van der Waals surface area contributed by atoms with Crippen LogP contribution in [0.1, 0.15) is 30.4 Å². The van der Waals surface area contributed by atoms with E-state index in [9.17, 15) is 9.59 Å². The second-order valence-electron chi connectivity index (χ2n) is 6.42. The molecule has 2 aromatic carbocycles. The van der Waals surface area contributed by atoms with Gasteiger partial charge in [0.25, 0.3) is 0 Å². The van der Waals surface area contributed by atoms with Gasteiger partial charge in [-0.25, -0.2) is 4.79 Å². The van der Waals surface area contributed by atoms with Crippen molar-refractivity contribution in [1.82, 2.24) is 10.6 Å². The van der Waals surface area contributed by atoms with Crippen LogP contribution in [0, 0.1) is 0 Å². The van der Waals surface area contributed by atoms with E-state index in [4.69, 9.17) is 23.2 Å². The van der Waals surface area contributed by atoms with Crippen molar-refractivity contribution in [2.24, 2.45) is 0 Å². The number of urea groups is 1. The SMILES string of the molecule is CC1(C(=O)CC(c2ccc(Cl)cc2)c2ccc(Cl)cc2)CNC(=O)N1. The number of carbonyl (C=O) groups excluding carboxylic acids is 2. The van der Waals surface area contributed by atoms with Crippen molar-refractivity contribution in [1.29, 1.82) is 0 Å². The molecule has 0 spiro atoms. The molecule has 3 rings (SSSR count). The van der Waals surface area contributed by atoms with Crippen LogP contribution < -0.4 is 10.6 Å². The first-order valence-corrected chi connectivity index (χ1v) is 8.73. The van der Waals surface area contributed by atoms with Crippen LogP contribution in [0.4, 0.5) is 4.79 Å². The number of halogens is 2. The molecule has 1 aliphatic rings. The van der Waals surface area contributed by atoms with Crippen LogP contribution in [-0.4, -0.2) is 23.9 Å². The Labute approximate surface area is 156 Å². The fourth-order valence-electron chi connectivity index (χ4n) is 2.99. The number of ketones is 1. The van der Waals surface area contributed by atoms with E-state index in [1.54, 1.807) is 6.92 Å². The Hall–Kier alpha value is -2.04. The van der Waals surface area contributed by atoms with E-state index in [0.29, 0.717) is 16.6 Å². The quantitative estimate of drug-likeness (QED) is 0.822. The van der Waals surface area contributed by atoms with Gasteiger partial charge in [-0.1, -0.05) is 47.5 Å². The molecule has 1 aliphatic heterocycles. The lowest BCUT2D eigenvalue weighted by molar-refractivity contribution is -0.124. The third-order valence-electron chi connectivity index (χ3n) is 4.54. The zero-order chi connectivity index (χ0) is 18.0. The van der Waals surface area contributed by atoms with E-state index in [1.165, 1.54) is 0 Å². The Bertz CT molecular complexity index is 745. The van der Waals surface area contributed by atoms with Crippen molar-refractivity contribution >= 4 is 35.0 Å². The molecule has 0 radical (unpaired) electrons. The number of hydrogen-bond acceptors (Lipinski definition) is 2. The minimum Gasteiger partial charge on any atom is -0.335 e. The number of amides is 2. The Morgan fingerprint density at radius 2 is 1.52 bits per heavy atom. The molecule has 4 nitrogen and oxygen atoms in total. The maximum Gasteiger partial charge on any atom is 0.315 e. The summed E-state index contributed by atoms with van der Waals surface area (Å²) in [6.45, 7) is 2.03. The number of hydrogen-bond donors (Lipinski definition) is 2. The second kappa shape index (κ2) is 7.06. The van der Waals surface area contributed by atoms with Gasteiger partial charge in [0.1, 0.15) is 5.54 Å². The average Bonchev–Trinajstić information content (AvgIpc) is 2.95. The highest BCUT2D eigenvalue weighted by molar-refractivity contribution is 6.30. The van der Waals surface area contributed by atoms with Crippen LogP contribution in [0.15, 0.2) is 48.5 Å². The lowest BCUT2D eigenvalue weighted by atomic mass is 9.82. The molecule has 6 heteroatoms. The molecular weight excluding hydrogens is 359 g/mol. The molecule has 0 bridgehead atoms. The van der Waals surface area contributed by atoms with E-state index < -0.39 is 5.54 Å². The standard InChI is InChI=1S/C19H18Cl2N2O2/c1-19(11-22-18(25)23-19)17(24)10-16(12-2-6-14(20)7-3-12)13-4-8-15(21)9-5-13/h2-9,16H,10-11H2,1H3,(H2,22,23,25). The normalized spacial score (nSPS) is 19.6. The van der Waals surface area contributed by atoms with Crippen LogP contribution in [-0.2, 0) is 4.79 Å². The van der Waals surface area contributed by atoms with Crippen molar-refractivity contribution in [3.63, 3.8) is 0 Å². The van der Waals surface area contributed by atoms with E-state index in [2.05, 4.69) is 10.6 Å². The van der Waals surface area contributed by atoms with E-state index >= 15 is 0 Å². The molecule has 130 valence electrons. The summed E-state index contributed by atoms with van der Waals surface area (Å²) in [4.78, 5) is 24.4. The van der Waals surface area contributed by atoms with Gasteiger partial charge in [0.15, 0.2) is 5.78 Å². The molecule has 1 saturated heterocycles. The highest BCUT2D eigenvalue weighted by Gasteiger charge is 2.40. The Morgan fingerprint density at radius 1 is 1.04 bits per heavy atom. The van der Waals surface area contributed by atoms with Gasteiger partial charge in [-0.15, -0.1) is 0 Å². The summed E-state index contributed by atoms with van der Waals surface area (Å²) in [5.41, 5.74) is 1.08. The average molecular weight is 377 g/mol. The summed E-state index contributed by atoms with van der Waals surface area (Å²) in [6.07, 6.45) is 0.266. The number of benzene rings is 2. The number of carbonyl (C=O) groups is 2. The fourth-order valence-corrected chi connectivity index (χ4v) is 3.25. The first-order valence-electron chi connectivity index (χ1n) is 7.98. The van der Waals surface area contributed by atoms with E-state index in [-0.39, 0.29) is 24.2 Å². The van der Waals surface area contributed by atoms with Gasteiger partial charge in [0, 0.05) is 28.9 Å². The van der Waals surface area contributed by atoms with Crippen LogP contribution in [0.5, 0.6) is 0 Å². The first-order chi connectivity index (χ1) is 11.9. The number of Topliss-reactive ketones (excluding diaryl/α,β-unsaturated/α-hetero) is 1. The molecule has 1 unspecified atom stereocenters. The Balaban J connectivity index is 1.91. The molecule has 1 atom stereocenters. The van der Waals surface area contributed by atoms with Crippen molar-refractivity contribution in [3.8, 4) is 0 Å². The van der Waals surface area contributed by atoms with Gasteiger partial charge < -0.3 is 10.6 Å². The van der Waals surface area contributed by atoms with Gasteiger partial charge in [-0.05, 0) is 42.3 Å². The maximum absolute atomic E-state index is 12.9. The third-order valence-corrected chi connectivity index (χ3v) is 5.05. The zero-order valence-electron chi connectivity index (χ0n) is 13.7. The van der Waals surface area contributed by atoms with Gasteiger partial charge in [0.2, 0.25) is 0 Å². The van der Waals surface area contributed by atoms with E-state index in [1.807, 2.05) is 48.5 Å². The summed E-state index contributed by atoms with van der Waals surface area (Å²) >= 11 is 12.0. The van der Waals surface area contributed by atoms with Crippen LogP contribution >= 0.6 is 23.2 Å². The Morgan fingerprint density at radius 3 is 1.92 bits per heavy atom. The second-order valence-corrected chi connectivity index (χ2v) is 7.30. The van der Waals surface area contributed by atoms with Gasteiger partial charge in [-0.2, -0.15) is 0 Å². The van der Waals surface area contributed by atoms with Gasteiger partial charge in [-0.3, -0.25) is 4.79 Å². The summed E-state index contributed by atoms with van der Waals surface area (Å²) < 4.78 is 0. The number of rotatable bonds is 5. The monoisotopic (exact) mass is 376 g/mol. The highest BCUT2D eigenvalue weighted by Crippen LogP contribution is 2.32. The summed E-state index contributed by atoms with van der Waals surface area (Å²) in [6, 6.07) is 14.6. The van der Waals surface area contributed by atoms with Crippen LogP contribution in [0.3, 0.4) is 0 Å². The van der Waals surface area contributed by atoms with Crippen molar-refractivity contribution in [3.05, 3.63) is 69.7 Å². The summed E-state index contributed by atoms with van der Waals surface area (Å²) in [5, 5.41) is 6.65. The molecule has 2 aromatic rings. The zero-order valence-corrected chi connectivity index (χ0v) is 15.2.